The Labute approximate surface area is 141 Å². The molecule has 3 rings (SSSR count). The Kier molecular flexibility index (Phi) is 4.66. The van der Waals surface area contributed by atoms with Crippen LogP contribution in [0.4, 0.5) is 9.93 Å². The van der Waals surface area contributed by atoms with Crippen molar-refractivity contribution in [2.45, 2.75) is 6.92 Å². The Hall–Kier alpha value is -3.00. The summed E-state index contributed by atoms with van der Waals surface area (Å²) < 4.78 is 10.2. The largest absolute Gasteiger partial charge is 0.463 e. The van der Waals surface area contributed by atoms with Crippen LogP contribution in [0.1, 0.15) is 22.3 Å². The standard InChI is InChI=1S/C16H13N3O4S/c1-2-22-16(21)19-15-18-12(11-7-5-9-23-11)14(24-15)13(20)10-6-3-4-8-17-10/h3-9H,2H2,1H3,(H,18,19,21). The number of pyridine rings is 1. The van der Waals surface area contributed by atoms with Crippen LogP contribution in [0.2, 0.25) is 0 Å². The Morgan fingerprint density at radius 2 is 2.17 bits per heavy atom. The number of hydrogen-bond acceptors (Lipinski definition) is 7. The third-order valence-electron chi connectivity index (χ3n) is 2.97. The van der Waals surface area contributed by atoms with E-state index in [0.717, 1.165) is 11.3 Å². The van der Waals surface area contributed by atoms with Crippen molar-refractivity contribution < 1.29 is 18.7 Å². The van der Waals surface area contributed by atoms with E-state index < -0.39 is 6.09 Å². The fourth-order valence-corrected chi connectivity index (χ4v) is 2.88. The van der Waals surface area contributed by atoms with Gasteiger partial charge in [0.2, 0.25) is 5.78 Å². The zero-order valence-corrected chi connectivity index (χ0v) is 13.5. The molecule has 7 nitrogen and oxygen atoms in total. The van der Waals surface area contributed by atoms with Gasteiger partial charge in [-0.05, 0) is 31.2 Å². The lowest BCUT2D eigenvalue weighted by molar-refractivity contribution is 0.103. The molecule has 3 aromatic rings. The first kappa shape index (κ1) is 15.9. The van der Waals surface area contributed by atoms with E-state index in [-0.39, 0.29) is 23.2 Å². The van der Waals surface area contributed by atoms with Gasteiger partial charge in [-0.2, -0.15) is 0 Å². The van der Waals surface area contributed by atoms with Gasteiger partial charge in [0.1, 0.15) is 16.3 Å². The van der Waals surface area contributed by atoms with Crippen LogP contribution in [0.15, 0.2) is 47.2 Å². The summed E-state index contributed by atoms with van der Waals surface area (Å²) in [6, 6.07) is 8.46. The second-order valence-corrected chi connectivity index (χ2v) is 5.56. The van der Waals surface area contributed by atoms with Crippen molar-refractivity contribution in [3.8, 4) is 11.5 Å². The minimum absolute atomic E-state index is 0.238. The lowest BCUT2D eigenvalue weighted by atomic mass is 10.1. The van der Waals surface area contributed by atoms with E-state index in [9.17, 15) is 9.59 Å². The molecule has 0 bridgehead atoms. The summed E-state index contributed by atoms with van der Waals surface area (Å²) >= 11 is 1.04. The number of carbonyl (C=O) groups excluding carboxylic acids is 2. The molecule has 3 heterocycles. The van der Waals surface area contributed by atoms with Gasteiger partial charge in [0.25, 0.3) is 0 Å². The molecule has 0 saturated carbocycles. The third-order valence-corrected chi connectivity index (χ3v) is 3.94. The van der Waals surface area contributed by atoms with Crippen molar-refractivity contribution in [3.63, 3.8) is 0 Å². The zero-order chi connectivity index (χ0) is 16.9. The van der Waals surface area contributed by atoms with Crippen molar-refractivity contribution >= 4 is 28.3 Å². The monoisotopic (exact) mass is 343 g/mol. The SMILES string of the molecule is CCOC(=O)Nc1nc(-c2ccco2)c(C(=O)c2ccccn2)s1. The van der Waals surface area contributed by atoms with Crippen molar-refractivity contribution in [2.24, 2.45) is 0 Å². The minimum Gasteiger partial charge on any atom is -0.463 e. The highest BCUT2D eigenvalue weighted by molar-refractivity contribution is 7.18. The molecule has 0 spiro atoms. The first-order valence-corrected chi connectivity index (χ1v) is 7.95. The number of amides is 1. The molecule has 1 N–H and O–H groups in total. The predicted molar refractivity (Wildman–Crippen MR) is 88.1 cm³/mol. The van der Waals surface area contributed by atoms with E-state index >= 15 is 0 Å². The maximum atomic E-state index is 12.7. The van der Waals surface area contributed by atoms with Crippen molar-refractivity contribution in [1.82, 2.24) is 9.97 Å². The maximum absolute atomic E-state index is 12.7. The summed E-state index contributed by atoms with van der Waals surface area (Å²) in [5.41, 5.74) is 0.643. The van der Waals surface area contributed by atoms with Gasteiger partial charge in [-0.3, -0.25) is 15.1 Å². The van der Waals surface area contributed by atoms with Gasteiger partial charge in [-0.15, -0.1) is 0 Å². The Morgan fingerprint density at radius 1 is 1.29 bits per heavy atom. The average Bonchev–Trinajstić information content (AvgIpc) is 3.24. The number of nitrogens with one attached hydrogen (secondary N) is 1. The highest BCUT2D eigenvalue weighted by Crippen LogP contribution is 2.33. The highest BCUT2D eigenvalue weighted by atomic mass is 32.1. The molecule has 0 atom stereocenters. The molecule has 0 fully saturated rings. The number of ether oxygens (including phenoxy) is 1. The molecule has 0 radical (unpaired) electrons. The van der Waals surface area contributed by atoms with E-state index in [1.165, 1.54) is 6.26 Å². The first-order chi connectivity index (χ1) is 11.7. The fraction of sp³-hybridized carbons (Fsp3) is 0.125. The quantitative estimate of drug-likeness (QED) is 0.711. The lowest BCUT2D eigenvalue weighted by Gasteiger charge is -2.00. The number of thiazole rings is 1. The number of carbonyl (C=O) groups is 2. The zero-order valence-electron chi connectivity index (χ0n) is 12.7. The second-order valence-electron chi connectivity index (χ2n) is 4.56. The van der Waals surface area contributed by atoms with E-state index in [1.807, 2.05) is 0 Å². The smallest absolute Gasteiger partial charge is 0.413 e. The fourth-order valence-electron chi connectivity index (χ4n) is 1.98. The molecule has 0 unspecified atom stereocenters. The number of rotatable bonds is 5. The summed E-state index contributed by atoms with van der Waals surface area (Å²) in [6.07, 6.45) is 2.40. The van der Waals surface area contributed by atoms with Crippen LogP contribution >= 0.6 is 11.3 Å². The average molecular weight is 343 g/mol. The summed E-state index contributed by atoms with van der Waals surface area (Å²) in [6.45, 7) is 1.94. The third kappa shape index (κ3) is 3.33. The lowest BCUT2D eigenvalue weighted by Crippen LogP contribution is -2.12. The number of anilines is 1. The molecule has 3 aromatic heterocycles. The summed E-state index contributed by atoms with van der Waals surface area (Å²) in [7, 11) is 0. The molecule has 0 aliphatic heterocycles. The second kappa shape index (κ2) is 7.05. The topological polar surface area (TPSA) is 94.3 Å². The van der Waals surface area contributed by atoms with Crippen LogP contribution in [0.25, 0.3) is 11.5 Å². The van der Waals surface area contributed by atoms with Crippen LogP contribution in [0.5, 0.6) is 0 Å². The molecule has 1 amide bonds. The van der Waals surface area contributed by atoms with Crippen molar-refractivity contribution in [3.05, 3.63) is 53.4 Å². The number of furan rings is 1. The Morgan fingerprint density at radius 3 is 2.83 bits per heavy atom. The molecular weight excluding hydrogens is 330 g/mol. The van der Waals surface area contributed by atoms with Gasteiger partial charge >= 0.3 is 6.09 Å². The summed E-state index contributed by atoms with van der Waals surface area (Å²) in [4.78, 5) is 33.0. The van der Waals surface area contributed by atoms with E-state index in [4.69, 9.17) is 9.15 Å². The van der Waals surface area contributed by atoms with Crippen LogP contribution in [-0.4, -0.2) is 28.5 Å². The minimum atomic E-state index is -0.630. The molecule has 0 aliphatic rings. The molecule has 0 aliphatic carbocycles. The van der Waals surface area contributed by atoms with Crippen LogP contribution in [-0.2, 0) is 4.74 Å². The summed E-state index contributed by atoms with van der Waals surface area (Å²) in [5.74, 6) is 0.138. The van der Waals surface area contributed by atoms with Gasteiger partial charge in [0.05, 0.1) is 12.9 Å². The van der Waals surface area contributed by atoms with Gasteiger partial charge in [0.15, 0.2) is 10.9 Å². The van der Waals surface area contributed by atoms with Crippen molar-refractivity contribution in [1.29, 1.82) is 0 Å². The van der Waals surface area contributed by atoms with Gasteiger partial charge in [0, 0.05) is 6.20 Å². The molecular formula is C16H13N3O4S. The molecule has 24 heavy (non-hydrogen) atoms. The maximum Gasteiger partial charge on any atom is 0.413 e. The normalized spacial score (nSPS) is 10.4. The number of aromatic nitrogens is 2. The molecule has 122 valence electrons. The highest BCUT2D eigenvalue weighted by Gasteiger charge is 2.24. The van der Waals surface area contributed by atoms with E-state index in [0.29, 0.717) is 16.3 Å². The number of nitrogens with zero attached hydrogens (tertiary/aromatic N) is 2. The Balaban J connectivity index is 1.99. The van der Waals surface area contributed by atoms with E-state index in [1.54, 1.807) is 43.5 Å². The molecule has 0 aromatic carbocycles. The molecule has 0 saturated heterocycles. The Bertz CT molecular complexity index is 844. The predicted octanol–water partition coefficient (Wildman–Crippen LogP) is 3.60. The van der Waals surface area contributed by atoms with Gasteiger partial charge in [-0.25, -0.2) is 9.78 Å². The van der Waals surface area contributed by atoms with Gasteiger partial charge < -0.3 is 9.15 Å². The first-order valence-electron chi connectivity index (χ1n) is 7.13. The van der Waals surface area contributed by atoms with E-state index in [2.05, 4.69) is 15.3 Å². The number of hydrogen-bond donors (Lipinski definition) is 1. The van der Waals surface area contributed by atoms with Crippen LogP contribution in [0.3, 0.4) is 0 Å². The summed E-state index contributed by atoms with van der Waals surface area (Å²) in [5, 5.41) is 2.75. The van der Waals surface area contributed by atoms with Crippen LogP contribution < -0.4 is 5.32 Å². The van der Waals surface area contributed by atoms with Crippen LogP contribution in [0, 0.1) is 0 Å². The number of ketones is 1. The van der Waals surface area contributed by atoms with Crippen molar-refractivity contribution in [2.75, 3.05) is 11.9 Å². The van der Waals surface area contributed by atoms with Gasteiger partial charge in [-0.1, -0.05) is 17.4 Å². The molecule has 8 heteroatoms.